The largest absolute Gasteiger partial charge is 0.481 e. The Morgan fingerprint density at radius 2 is 2.25 bits per heavy atom. The lowest BCUT2D eigenvalue weighted by Crippen LogP contribution is -2.34. The Morgan fingerprint density at radius 3 is 2.70 bits per heavy atom. The van der Waals surface area contributed by atoms with Gasteiger partial charge >= 0.3 is 11.7 Å². The quantitative estimate of drug-likeness (QED) is 0.580. The molecule has 0 aliphatic rings. The summed E-state index contributed by atoms with van der Waals surface area (Å²) in [5, 5.41) is 22.8. The minimum Gasteiger partial charge on any atom is -0.481 e. The highest BCUT2D eigenvalue weighted by molar-refractivity contribution is 5.75. The van der Waals surface area contributed by atoms with E-state index in [1.807, 2.05) is 0 Å². The van der Waals surface area contributed by atoms with Gasteiger partial charge < -0.3 is 15.2 Å². The average molecular weight is 283 g/mol. The number of hydrogen-bond acceptors (Lipinski definition) is 6. The molecule has 1 aromatic rings. The van der Waals surface area contributed by atoms with E-state index < -0.39 is 16.3 Å². The van der Waals surface area contributed by atoms with E-state index in [9.17, 15) is 20.0 Å². The summed E-state index contributed by atoms with van der Waals surface area (Å²) in [6.07, 6.45) is 0.382. The number of ether oxygens (including phenoxy) is 1. The fraction of sp³-hybridized carbons (Fsp3) is 0.500. The summed E-state index contributed by atoms with van der Waals surface area (Å²) in [4.78, 5) is 25.5. The van der Waals surface area contributed by atoms with Crippen LogP contribution in [-0.4, -0.2) is 34.6 Å². The number of nitrogens with zero attached hydrogens (tertiary/aromatic N) is 2. The van der Waals surface area contributed by atoms with Crippen molar-refractivity contribution in [1.82, 2.24) is 4.98 Å². The molecule has 2 N–H and O–H groups in total. The number of carbonyl (C=O) groups is 1. The zero-order valence-corrected chi connectivity index (χ0v) is 11.5. The van der Waals surface area contributed by atoms with Gasteiger partial charge in [0.25, 0.3) is 0 Å². The fourth-order valence-electron chi connectivity index (χ4n) is 1.46. The third kappa shape index (κ3) is 3.34. The topological polar surface area (TPSA) is 115 Å². The molecular formula is C12H17N3O5. The van der Waals surface area contributed by atoms with Crippen LogP contribution in [-0.2, 0) is 4.79 Å². The van der Waals surface area contributed by atoms with Crippen LogP contribution >= 0.6 is 0 Å². The van der Waals surface area contributed by atoms with Crippen LogP contribution in [0.4, 0.5) is 11.5 Å². The van der Waals surface area contributed by atoms with Crippen molar-refractivity contribution < 1.29 is 19.6 Å². The van der Waals surface area contributed by atoms with E-state index in [2.05, 4.69) is 10.3 Å². The molecule has 0 saturated heterocycles. The number of carboxylic acid groups (broad SMARTS) is 1. The molecule has 0 bridgehead atoms. The second-order valence-corrected chi connectivity index (χ2v) is 4.55. The van der Waals surface area contributed by atoms with Crippen molar-refractivity contribution >= 4 is 17.5 Å². The van der Waals surface area contributed by atoms with Crippen LogP contribution < -0.4 is 10.1 Å². The van der Waals surface area contributed by atoms with E-state index in [4.69, 9.17) is 4.74 Å². The molecule has 1 rings (SSSR count). The number of rotatable bonds is 7. The first-order valence-corrected chi connectivity index (χ1v) is 6.00. The second kappa shape index (κ2) is 6.18. The molecule has 1 atom stereocenters. The van der Waals surface area contributed by atoms with E-state index in [0.717, 1.165) is 0 Å². The SMILES string of the molecule is CCC(C)(CNc1nc(OC)ccc1[N+](=O)[O-])C(=O)O. The Bertz CT molecular complexity index is 520. The first-order valence-electron chi connectivity index (χ1n) is 6.00. The summed E-state index contributed by atoms with van der Waals surface area (Å²) < 4.78 is 4.91. The summed E-state index contributed by atoms with van der Waals surface area (Å²) in [5.74, 6) is -0.764. The Labute approximate surface area is 115 Å². The number of nitro groups is 1. The van der Waals surface area contributed by atoms with E-state index in [-0.39, 0.29) is 23.9 Å². The van der Waals surface area contributed by atoms with Gasteiger partial charge in [0.05, 0.1) is 17.4 Å². The van der Waals surface area contributed by atoms with E-state index in [0.29, 0.717) is 6.42 Å². The predicted octanol–water partition coefficient (Wildman–Crippen LogP) is 1.91. The second-order valence-electron chi connectivity index (χ2n) is 4.55. The number of nitrogens with one attached hydrogen (secondary N) is 1. The Kier molecular flexibility index (Phi) is 4.84. The van der Waals surface area contributed by atoms with Gasteiger partial charge in [-0.05, 0) is 13.3 Å². The molecule has 1 aromatic heterocycles. The zero-order valence-electron chi connectivity index (χ0n) is 11.5. The van der Waals surface area contributed by atoms with Crippen molar-refractivity contribution in [2.75, 3.05) is 19.0 Å². The third-order valence-corrected chi connectivity index (χ3v) is 3.20. The molecule has 0 aromatic carbocycles. The van der Waals surface area contributed by atoms with Gasteiger partial charge in [0.1, 0.15) is 0 Å². The van der Waals surface area contributed by atoms with Crippen molar-refractivity contribution in [1.29, 1.82) is 0 Å². The van der Waals surface area contributed by atoms with Crippen molar-refractivity contribution in [2.24, 2.45) is 5.41 Å². The molecule has 1 heterocycles. The Morgan fingerprint density at radius 1 is 1.60 bits per heavy atom. The van der Waals surface area contributed by atoms with Crippen molar-refractivity contribution in [2.45, 2.75) is 20.3 Å². The van der Waals surface area contributed by atoms with Gasteiger partial charge in [-0.15, -0.1) is 0 Å². The van der Waals surface area contributed by atoms with Gasteiger partial charge in [0.2, 0.25) is 11.7 Å². The van der Waals surface area contributed by atoms with Gasteiger partial charge in [-0.2, -0.15) is 4.98 Å². The molecule has 8 nitrogen and oxygen atoms in total. The molecule has 110 valence electrons. The van der Waals surface area contributed by atoms with E-state index in [1.54, 1.807) is 13.8 Å². The molecule has 0 spiro atoms. The van der Waals surface area contributed by atoms with Gasteiger partial charge in [0.15, 0.2) is 0 Å². The molecule has 20 heavy (non-hydrogen) atoms. The van der Waals surface area contributed by atoms with Gasteiger partial charge in [-0.3, -0.25) is 14.9 Å². The normalized spacial score (nSPS) is 13.3. The van der Waals surface area contributed by atoms with Crippen LogP contribution in [0, 0.1) is 15.5 Å². The number of carboxylic acids is 1. The molecule has 1 unspecified atom stereocenters. The van der Waals surface area contributed by atoms with Crippen molar-refractivity contribution in [3.63, 3.8) is 0 Å². The molecule has 0 aliphatic carbocycles. The Balaban J connectivity index is 3.01. The molecule has 0 saturated carbocycles. The molecule has 0 fully saturated rings. The maximum Gasteiger partial charge on any atom is 0.311 e. The first-order chi connectivity index (χ1) is 9.34. The fourth-order valence-corrected chi connectivity index (χ4v) is 1.46. The van der Waals surface area contributed by atoms with Crippen LogP contribution in [0.5, 0.6) is 5.88 Å². The molecule has 0 aliphatic heterocycles. The number of pyridine rings is 1. The summed E-state index contributed by atoms with van der Waals surface area (Å²) in [6, 6.07) is 2.64. The van der Waals surface area contributed by atoms with Crippen LogP contribution in [0.3, 0.4) is 0 Å². The van der Waals surface area contributed by atoms with Gasteiger partial charge in [0, 0.05) is 18.7 Å². The molecule has 0 amide bonds. The lowest BCUT2D eigenvalue weighted by atomic mass is 9.88. The summed E-state index contributed by atoms with van der Waals surface area (Å²) in [5.41, 5.74) is -1.26. The molecular weight excluding hydrogens is 266 g/mol. The van der Waals surface area contributed by atoms with E-state index in [1.165, 1.54) is 19.2 Å². The van der Waals surface area contributed by atoms with E-state index >= 15 is 0 Å². The number of methoxy groups -OCH3 is 1. The van der Waals surface area contributed by atoms with Gasteiger partial charge in [-0.25, -0.2) is 0 Å². The molecule has 8 heteroatoms. The highest BCUT2D eigenvalue weighted by Crippen LogP contribution is 2.27. The summed E-state index contributed by atoms with van der Waals surface area (Å²) in [7, 11) is 1.39. The van der Waals surface area contributed by atoms with Gasteiger partial charge in [-0.1, -0.05) is 6.92 Å². The van der Waals surface area contributed by atoms with Crippen LogP contribution in [0.25, 0.3) is 0 Å². The minimum atomic E-state index is -1.03. The lowest BCUT2D eigenvalue weighted by Gasteiger charge is -2.23. The number of aliphatic carboxylic acids is 1. The van der Waals surface area contributed by atoms with Crippen LogP contribution in [0.15, 0.2) is 12.1 Å². The summed E-state index contributed by atoms with van der Waals surface area (Å²) in [6.45, 7) is 3.33. The third-order valence-electron chi connectivity index (χ3n) is 3.20. The predicted molar refractivity (Wildman–Crippen MR) is 72.0 cm³/mol. The maximum atomic E-state index is 11.2. The zero-order chi connectivity index (χ0) is 15.3. The first kappa shape index (κ1) is 15.7. The average Bonchev–Trinajstić information content (AvgIpc) is 2.43. The highest BCUT2D eigenvalue weighted by Gasteiger charge is 2.32. The highest BCUT2D eigenvalue weighted by atomic mass is 16.6. The lowest BCUT2D eigenvalue weighted by molar-refractivity contribution is -0.384. The van der Waals surface area contributed by atoms with Crippen molar-refractivity contribution in [3.05, 3.63) is 22.2 Å². The maximum absolute atomic E-state index is 11.2. The van der Waals surface area contributed by atoms with Crippen LogP contribution in [0.1, 0.15) is 20.3 Å². The smallest absolute Gasteiger partial charge is 0.311 e. The number of hydrogen-bond donors (Lipinski definition) is 2. The Hall–Kier alpha value is -2.38. The monoisotopic (exact) mass is 283 g/mol. The number of anilines is 1. The summed E-state index contributed by atoms with van der Waals surface area (Å²) >= 11 is 0. The van der Waals surface area contributed by atoms with Crippen LogP contribution in [0.2, 0.25) is 0 Å². The standard InChI is InChI=1S/C12H17N3O5/c1-4-12(2,11(16)17)7-13-10-8(15(18)19)5-6-9(14-10)20-3/h5-6H,4,7H2,1-3H3,(H,13,14)(H,16,17). The minimum absolute atomic E-state index is 0.00437. The number of aromatic nitrogens is 1. The molecule has 0 radical (unpaired) electrons. The van der Waals surface area contributed by atoms with Crippen molar-refractivity contribution in [3.8, 4) is 5.88 Å².